The van der Waals surface area contributed by atoms with Gasteiger partial charge in [-0.25, -0.2) is 18.0 Å². The molecule has 0 spiro atoms. The minimum atomic E-state index is -3.58. The minimum absolute atomic E-state index is 0.0174. The van der Waals surface area contributed by atoms with E-state index in [1.165, 1.54) is 18.9 Å². The van der Waals surface area contributed by atoms with Gasteiger partial charge >= 0.3 is 11.9 Å². The van der Waals surface area contributed by atoms with Crippen LogP contribution in [0.25, 0.3) is 0 Å². The lowest BCUT2D eigenvalue weighted by molar-refractivity contribution is 0.0509. The SMILES string of the molecule is CCOC(=O)c1cc(C2CC2)[nH]n1.CCOC(=O)c1cc(C2CC2)nn1S(C)(=O)=O. The van der Waals surface area contributed by atoms with Gasteiger partial charge in [-0.15, -0.1) is 0 Å². The highest BCUT2D eigenvalue weighted by atomic mass is 32.2. The van der Waals surface area contributed by atoms with E-state index >= 15 is 0 Å². The summed E-state index contributed by atoms with van der Waals surface area (Å²) in [6.07, 6.45) is 5.39. The summed E-state index contributed by atoms with van der Waals surface area (Å²) in [5, 5.41) is 10.7. The van der Waals surface area contributed by atoms with Gasteiger partial charge in [-0.3, -0.25) is 5.10 Å². The molecular weight excluding hydrogens is 412 g/mol. The number of esters is 2. The zero-order valence-electron chi connectivity index (χ0n) is 17.3. The Hall–Kier alpha value is -2.69. The summed E-state index contributed by atoms with van der Waals surface area (Å²) in [6.45, 7) is 4.05. The largest absolute Gasteiger partial charge is 0.461 e. The first kappa shape index (κ1) is 22.0. The van der Waals surface area contributed by atoms with E-state index in [4.69, 9.17) is 9.47 Å². The van der Waals surface area contributed by atoms with Crippen LogP contribution in [0.4, 0.5) is 0 Å². The summed E-state index contributed by atoms with van der Waals surface area (Å²) in [5.74, 6) is -0.121. The van der Waals surface area contributed by atoms with Crippen LogP contribution >= 0.6 is 0 Å². The summed E-state index contributed by atoms with van der Waals surface area (Å²) < 4.78 is 33.4. The Bertz CT molecular complexity index is 1020. The molecule has 0 radical (unpaired) electrons. The quantitative estimate of drug-likeness (QED) is 0.651. The lowest BCUT2D eigenvalue weighted by Crippen LogP contribution is -2.19. The fourth-order valence-electron chi connectivity index (χ4n) is 2.81. The number of carbonyl (C=O) groups is 2. The maximum Gasteiger partial charge on any atom is 0.358 e. The Balaban J connectivity index is 0.000000177. The molecule has 2 aliphatic carbocycles. The summed E-state index contributed by atoms with van der Waals surface area (Å²) in [7, 11) is -3.58. The van der Waals surface area contributed by atoms with Crippen molar-refractivity contribution < 1.29 is 27.5 Å². The van der Waals surface area contributed by atoms with Gasteiger partial charge in [-0.1, -0.05) is 0 Å². The van der Waals surface area contributed by atoms with Crippen LogP contribution in [-0.2, 0) is 19.5 Å². The Morgan fingerprint density at radius 2 is 1.67 bits per heavy atom. The summed E-state index contributed by atoms with van der Waals surface area (Å²) in [5.41, 5.74) is 2.08. The molecule has 2 aromatic heterocycles. The summed E-state index contributed by atoms with van der Waals surface area (Å²) in [6, 6.07) is 3.30. The van der Waals surface area contributed by atoms with Crippen LogP contribution in [0, 0.1) is 0 Å². The number of hydrogen-bond acceptors (Lipinski definition) is 8. The van der Waals surface area contributed by atoms with Gasteiger partial charge in [0.05, 0.1) is 25.2 Å². The average Bonchev–Trinajstić information content (AvgIpc) is 3.62. The molecule has 164 valence electrons. The van der Waals surface area contributed by atoms with Crippen LogP contribution in [0.5, 0.6) is 0 Å². The number of aromatic amines is 1. The van der Waals surface area contributed by atoms with Gasteiger partial charge in [0.2, 0.25) is 0 Å². The summed E-state index contributed by atoms with van der Waals surface area (Å²) in [4.78, 5) is 22.8. The monoisotopic (exact) mass is 438 g/mol. The van der Waals surface area contributed by atoms with E-state index in [0.29, 0.717) is 23.9 Å². The lowest BCUT2D eigenvalue weighted by Gasteiger charge is -2.03. The molecule has 0 amide bonds. The molecule has 0 aromatic carbocycles. The number of H-pyrrole nitrogens is 1. The van der Waals surface area contributed by atoms with Gasteiger partial charge in [-0.05, 0) is 51.7 Å². The number of rotatable bonds is 7. The van der Waals surface area contributed by atoms with Crippen LogP contribution in [0.2, 0.25) is 0 Å². The molecule has 11 heteroatoms. The van der Waals surface area contributed by atoms with Gasteiger partial charge in [0.25, 0.3) is 10.0 Å². The van der Waals surface area contributed by atoms with Crippen molar-refractivity contribution in [1.82, 2.24) is 19.4 Å². The first-order chi connectivity index (χ1) is 14.2. The third kappa shape index (κ3) is 5.47. The Labute approximate surface area is 175 Å². The average molecular weight is 439 g/mol. The van der Waals surface area contributed by atoms with Gasteiger partial charge in [0.15, 0.2) is 11.4 Å². The van der Waals surface area contributed by atoms with Gasteiger partial charge in [-0.2, -0.15) is 14.3 Å². The van der Waals surface area contributed by atoms with Crippen LogP contribution < -0.4 is 0 Å². The van der Waals surface area contributed by atoms with Gasteiger partial charge in [0.1, 0.15) is 0 Å². The van der Waals surface area contributed by atoms with Gasteiger partial charge < -0.3 is 9.47 Å². The standard InChI is InChI=1S/C10H14N2O4S.C9H12N2O2/c1-3-16-10(13)9-6-8(7-4-5-7)11-12(9)17(2,14)15;1-2-13-9(12)8-5-7(10-11-8)6-3-4-6/h6-7H,3-5H2,1-2H3;5-6H,2-4H2,1H3,(H,10,11). The summed E-state index contributed by atoms with van der Waals surface area (Å²) >= 11 is 0. The molecule has 0 bridgehead atoms. The van der Waals surface area contributed by atoms with E-state index in [1.807, 2.05) is 0 Å². The molecule has 2 saturated carbocycles. The Morgan fingerprint density at radius 3 is 2.20 bits per heavy atom. The Morgan fingerprint density at radius 1 is 1.07 bits per heavy atom. The molecule has 0 unspecified atom stereocenters. The molecular formula is C19H26N4O6S. The van der Waals surface area contributed by atoms with Crippen LogP contribution in [0.1, 0.15) is 83.7 Å². The highest BCUT2D eigenvalue weighted by molar-refractivity contribution is 7.89. The lowest BCUT2D eigenvalue weighted by atomic mass is 10.3. The first-order valence-corrected chi connectivity index (χ1v) is 11.8. The zero-order valence-corrected chi connectivity index (χ0v) is 18.1. The molecule has 0 atom stereocenters. The number of carbonyl (C=O) groups excluding carboxylic acids is 2. The maximum absolute atomic E-state index is 11.6. The first-order valence-electron chi connectivity index (χ1n) is 9.94. The molecule has 2 aromatic rings. The van der Waals surface area contributed by atoms with Crippen molar-refractivity contribution in [2.45, 2.75) is 51.4 Å². The molecule has 2 aliphatic rings. The fourth-order valence-corrected chi connectivity index (χ4v) is 3.53. The Kier molecular flexibility index (Phi) is 6.59. The predicted molar refractivity (Wildman–Crippen MR) is 107 cm³/mol. The highest BCUT2D eigenvalue weighted by Crippen LogP contribution is 2.40. The number of hydrogen-bond donors (Lipinski definition) is 1. The van der Waals surface area contributed by atoms with Crippen LogP contribution in [0.3, 0.4) is 0 Å². The second kappa shape index (κ2) is 8.99. The van der Waals surface area contributed by atoms with Gasteiger partial charge in [0, 0.05) is 17.5 Å². The van der Waals surface area contributed by atoms with Crippen molar-refractivity contribution >= 4 is 22.0 Å². The molecule has 4 rings (SSSR count). The third-order valence-corrected chi connectivity index (χ3v) is 5.50. The third-order valence-electron chi connectivity index (χ3n) is 4.59. The van der Waals surface area contributed by atoms with Crippen molar-refractivity contribution in [2.75, 3.05) is 19.5 Å². The number of nitrogens with one attached hydrogen (secondary N) is 1. The second-order valence-electron chi connectivity index (χ2n) is 7.26. The predicted octanol–water partition coefficient (Wildman–Crippen LogP) is 2.21. The van der Waals surface area contributed by atoms with Crippen molar-refractivity contribution in [1.29, 1.82) is 0 Å². The maximum atomic E-state index is 11.6. The normalized spacial score (nSPS) is 15.8. The van der Waals surface area contributed by atoms with E-state index in [9.17, 15) is 18.0 Å². The van der Waals surface area contributed by atoms with E-state index in [0.717, 1.165) is 28.9 Å². The van der Waals surface area contributed by atoms with Crippen molar-refractivity contribution in [3.63, 3.8) is 0 Å². The van der Waals surface area contributed by atoms with Crippen molar-refractivity contribution in [2.24, 2.45) is 0 Å². The van der Waals surface area contributed by atoms with Crippen LogP contribution in [0.15, 0.2) is 12.1 Å². The fraction of sp³-hybridized carbons (Fsp3) is 0.579. The number of aromatic nitrogens is 4. The number of ether oxygens (including phenoxy) is 2. The van der Waals surface area contributed by atoms with Crippen molar-refractivity contribution in [3.05, 3.63) is 34.9 Å². The minimum Gasteiger partial charge on any atom is -0.461 e. The van der Waals surface area contributed by atoms with E-state index in [-0.39, 0.29) is 24.2 Å². The molecule has 30 heavy (non-hydrogen) atoms. The zero-order chi connectivity index (χ0) is 21.9. The van der Waals surface area contributed by atoms with E-state index < -0.39 is 16.0 Å². The van der Waals surface area contributed by atoms with Crippen molar-refractivity contribution in [3.8, 4) is 0 Å². The molecule has 0 saturated heterocycles. The highest BCUT2D eigenvalue weighted by Gasteiger charge is 2.31. The molecule has 2 heterocycles. The molecule has 1 N–H and O–H groups in total. The topological polar surface area (TPSA) is 133 Å². The smallest absolute Gasteiger partial charge is 0.358 e. The molecule has 2 fully saturated rings. The van der Waals surface area contributed by atoms with Crippen LogP contribution in [-0.4, -0.2) is 59.2 Å². The number of nitrogens with zero attached hydrogens (tertiary/aromatic N) is 3. The molecule has 0 aliphatic heterocycles. The molecule has 10 nitrogen and oxygen atoms in total. The van der Waals surface area contributed by atoms with E-state index in [1.54, 1.807) is 19.9 Å². The van der Waals surface area contributed by atoms with E-state index in [2.05, 4.69) is 15.3 Å². The second-order valence-corrected chi connectivity index (χ2v) is 9.07.